The number of hydrogen-bond acceptors (Lipinski definition) is 9. The van der Waals surface area contributed by atoms with Crippen LogP contribution in [0, 0.1) is 5.82 Å². The van der Waals surface area contributed by atoms with Crippen LogP contribution in [0.15, 0.2) is 41.3 Å². The van der Waals surface area contributed by atoms with Gasteiger partial charge in [0.05, 0.1) is 30.5 Å². The molecule has 13 heteroatoms. The minimum Gasteiger partial charge on any atom is -0.482 e. The molecule has 0 aliphatic heterocycles. The smallest absolute Gasteiger partial charge is 0.410 e. The van der Waals surface area contributed by atoms with E-state index in [0.29, 0.717) is 5.71 Å². The number of rotatable bonds is 10. The number of anilines is 1. The van der Waals surface area contributed by atoms with E-state index < -0.39 is 36.3 Å². The molecule has 2 rings (SSSR count). The maximum absolute atomic E-state index is 14.1. The normalized spacial score (nSPS) is 13.3. The predicted molar refractivity (Wildman–Crippen MR) is 142 cm³/mol. The van der Waals surface area contributed by atoms with E-state index in [2.05, 4.69) is 9.98 Å². The molecular formula is C26H33F2N5O6. The third-order valence-corrected chi connectivity index (χ3v) is 5.29. The fraction of sp³-hybridized carbons (Fsp3) is 0.385. The highest BCUT2D eigenvalue weighted by Gasteiger charge is 2.26. The summed E-state index contributed by atoms with van der Waals surface area (Å²) in [5, 5.41) is 9.47. The lowest BCUT2D eigenvalue weighted by molar-refractivity contribution is 0.0324. The zero-order chi connectivity index (χ0) is 29.5. The van der Waals surface area contributed by atoms with Crippen LogP contribution in [0.5, 0.6) is 5.75 Å². The zero-order valence-electron chi connectivity index (χ0n) is 22.6. The van der Waals surface area contributed by atoms with Crippen molar-refractivity contribution in [1.82, 2.24) is 9.88 Å². The van der Waals surface area contributed by atoms with Crippen molar-refractivity contribution in [2.24, 2.45) is 10.7 Å². The molecule has 1 aromatic heterocycles. The van der Waals surface area contributed by atoms with Crippen molar-refractivity contribution >= 4 is 29.2 Å². The average molecular weight is 550 g/mol. The number of aliphatic imine (C=N–C) groups is 1. The Kier molecular flexibility index (Phi) is 10.2. The number of methoxy groups -OCH3 is 1. The summed E-state index contributed by atoms with van der Waals surface area (Å²) in [5.74, 6) is -2.52. The van der Waals surface area contributed by atoms with Crippen LogP contribution in [0.4, 0.5) is 19.4 Å². The molecular weight excluding hydrogens is 516 g/mol. The largest absolute Gasteiger partial charge is 0.482 e. The maximum atomic E-state index is 14.1. The summed E-state index contributed by atoms with van der Waals surface area (Å²) in [6.07, 6.45) is -0.776. The lowest BCUT2D eigenvalue weighted by Gasteiger charge is -2.26. The number of aromatic nitrogens is 1. The third kappa shape index (κ3) is 8.03. The van der Waals surface area contributed by atoms with Gasteiger partial charge in [0.25, 0.3) is 0 Å². The second-order valence-electron chi connectivity index (χ2n) is 9.35. The molecule has 0 fully saturated rings. The number of carboxylic acid groups (broad SMARTS) is 1. The molecule has 2 aromatic rings. The monoisotopic (exact) mass is 549 g/mol. The van der Waals surface area contributed by atoms with Crippen LogP contribution < -0.4 is 16.2 Å². The minimum absolute atomic E-state index is 0.0380. The number of pyridine rings is 1. The van der Waals surface area contributed by atoms with Crippen LogP contribution in [0.25, 0.3) is 5.57 Å². The summed E-state index contributed by atoms with van der Waals surface area (Å²) >= 11 is 0. The van der Waals surface area contributed by atoms with Crippen LogP contribution in [0.3, 0.4) is 0 Å². The first-order chi connectivity index (χ1) is 18.2. The topological polar surface area (TPSA) is 163 Å². The Morgan fingerprint density at radius 2 is 1.92 bits per heavy atom. The molecule has 0 saturated carbocycles. The van der Waals surface area contributed by atoms with Gasteiger partial charge in [0.15, 0.2) is 23.6 Å². The molecule has 5 N–H and O–H groups in total. The number of nitrogen functional groups attached to an aromatic ring is 1. The summed E-state index contributed by atoms with van der Waals surface area (Å²) in [4.78, 5) is 33.8. The summed E-state index contributed by atoms with van der Waals surface area (Å²) in [7, 11) is 4.33. The SMILES string of the molecule is CN=C(CN(C)C(=O)OC(C)(C)C)C(=C(N)OC)c1cnc(N)c(OC(CF)c2cc(F)ccc2C(=O)O)c1. The Balaban J connectivity index is 2.50. The number of halogens is 2. The second kappa shape index (κ2) is 12.9. The number of ether oxygens (including phenoxy) is 3. The third-order valence-electron chi connectivity index (χ3n) is 5.29. The molecule has 0 spiro atoms. The first kappa shape index (κ1) is 30.8. The Bertz CT molecular complexity index is 1280. The Hall–Kier alpha value is -4.42. The van der Waals surface area contributed by atoms with Gasteiger partial charge in [0.1, 0.15) is 18.1 Å². The molecule has 1 aromatic carbocycles. The highest BCUT2D eigenvalue weighted by Crippen LogP contribution is 2.32. The molecule has 0 bridgehead atoms. The summed E-state index contributed by atoms with van der Waals surface area (Å²) in [6, 6.07) is 4.22. The van der Waals surface area contributed by atoms with Gasteiger partial charge in [-0.1, -0.05) is 0 Å². The molecule has 0 aliphatic rings. The number of nitrogens with two attached hydrogens (primary N) is 2. The van der Waals surface area contributed by atoms with Crippen LogP contribution in [-0.4, -0.2) is 72.8 Å². The molecule has 212 valence electrons. The van der Waals surface area contributed by atoms with Crippen LogP contribution >= 0.6 is 0 Å². The summed E-state index contributed by atoms with van der Waals surface area (Å²) < 4.78 is 44.3. The van der Waals surface area contributed by atoms with Crippen molar-refractivity contribution in [3.8, 4) is 5.75 Å². The van der Waals surface area contributed by atoms with Crippen molar-refractivity contribution in [3.63, 3.8) is 0 Å². The molecule has 1 amide bonds. The number of hydrogen-bond donors (Lipinski definition) is 3. The van der Waals surface area contributed by atoms with Crippen LogP contribution in [-0.2, 0) is 9.47 Å². The van der Waals surface area contributed by atoms with Crippen molar-refractivity contribution in [2.75, 3.05) is 40.2 Å². The number of carbonyl (C=O) groups is 2. The Morgan fingerprint density at radius 1 is 1.26 bits per heavy atom. The van der Waals surface area contributed by atoms with Crippen molar-refractivity contribution in [2.45, 2.75) is 32.5 Å². The van der Waals surface area contributed by atoms with Crippen molar-refractivity contribution in [1.29, 1.82) is 0 Å². The standard InChI is InChI=1S/C26H33F2N5O6/c1-26(2,3)39-25(36)33(5)13-18(31-4)21(23(30)37-6)14-9-19(22(29)32-12-14)38-20(11-27)17-10-15(28)7-8-16(17)24(34)35/h7-10,12,20H,11,13,30H2,1-6H3,(H2,29,32)(H,34,35). The number of alkyl halides is 1. The lowest BCUT2D eigenvalue weighted by Crippen LogP contribution is -2.37. The number of carbonyl (C=O) groups excluding carboxylic acids is 1. The van der Waals surface area contributed by atoms with Crippen LogP contribution in [0.2, 0.25) is 0 Å². The molecule has 0 saturated heterocycles. The Morgan fingerprint density at radius 3 is 2.46 bits per heavy atom. The van der Waals surface area contributed by atoms with Gasteiger partial charge in [-0.05, 0) is 45.0 Å². The maximum Gasteiger partial charge on any atom is 0.410 e. The molecule has 1 unspecified atom stereocenters. The number of amides is 1. The number of aromatic carboxylic acids is 1. The second-order valence-corrected chi connectivity index (χ2v) is 9.35. The molecule has 0 radical (unpaired) electrons. The van der Waals surface area contributed by atoms with E-state index in [9.17, 15) is 23.5 Å². The van der Waals surface area contributed by atoms with Gasteiger partial charge in [-0.3, -0.25) is 4.99 Å². The van der Waals surface area contributed by atoms with Gasteiger partial charge in [-0.25, -0.2) is 23.4 Å². The van der Waals surface area contributed by atoms with Gasteiger partial charge < -0.3 is 35.7 Å². The van der Waals surface area contributed by atoms with Gasteiger partial charge in [-0.2, -0.15) is 0 Å². The minimum atomic E-state index is -1.52. The van der Waals surface area contributed by atoms with Gasteiger partial charge in [0, 0.05) is 31.4 Å². The number of carboxylic acids is 1. The van der Waals surface area contributed by atoms with E-state index >= 15 is 0 Å². The summed E-state index contributed by atoms with van der Waals surface area (Å²) in [5.41, 5.74) is 11.6. The van der Waals surface area contributed by atoms with E-state index in [4.69, 9.17) is 25.7 Å². The van der Waals surface area contributed by atoms with E-state index in [0.717, 1.165) is 18.2 Å². The van der Waals surface area contributed by atoms with Crippen molar-refractivity contribution < 1.29 is 37.7 Å². The van der Waals surface area contributed by atoms with Crippen molar-refractivity contribution in [3.05, 3.63) is 58.9 Å². The predicted octanol–water partition coefficient (Wildman–Crippen LogP) is 3.80. The highest BCUT2D eigenvalue weighted by molar-refractivity contribution is 6.25. The first-order valence-electron chi connectivity index (χ1n) is 11.7. The van der Waals surface area contributed by atoms with Gasteiger partial charge >= 0.3 is 12.1 Å². The molecule has 1 heterocycles. The van der Waals surface area contributed by atoms with Gasteiger partial charge in [-0.15, -0.1) is 0 Å². The van der Waals surface area contributed by atoms with E-state index in [1.165, 1.54) is 38.4 Å². The Labute approximate surface area is 225 Å². The number of benzene rings is 1. The number of nitrogens with zero attached hydrogens (tertiary/aromatic N) is 3. The van der Waals surface area contributed by atoms with E-state index in [1.807, 2.05) is 0 Å². The van der Waals surface area contributed by atoms with E-state index in [-0.39, 0.29) is 46.3 Å². The zero-order valence-corrected chi connectivity index (χ0v) is 22.6. The quantitative estimate of drug-likeness (QED) is 0.295. The summed E-state index contributed by atoms with van der Waals surface area (Å²) in [6.45, 7) is 3.97. The first-order valence-corrected chi connectivity index (χ1v) is 11.7. The lowest BCUT2D eigenvalue weighted by atomic mass is 10.0. The highest BCUT2D eigenvalue weighted by atomic mass is 19.1. The molecule has 1 atom stereocenters. The molecule has 0 aliphatic carbocycles. The fourth-order valence-electron chi connectivity index (χ4n) is 3.46. The van der Waals surface area contributed by atoms with E-state index in [1.54, 1.807) is 20.8 Å². The van der Waals surface area contributed by atoms with Crippen LogP contribution in [0.1, 0.15) is 48.4 Å². The molecule has 39 heavy (non-hydrogen) atoms. The van der Waals surface area contributed by atoms with Gasteiger partial charge in [0.2, 0.25) is 0 Å². The average Bonchev–Trinajstić information content (AvgIpc) is 2.86. The fourth-order valence-corrected chi connectivity index (χ4v) is 3.46. The molecule has 11 nitrogen and oxygen atoms in total.